The highest BCUT2D eigenvalue weighted by Crippen LogP contribution is 2.21. The molecule has 0 unspecified atom stereocenters. The first-order valence-corrected chi connectivity index (χ1v) is 5.31. The van der Waals surface area contributed by atoms with Crippen LogP contribution in [-0.2, 0) is 0 Å². The Bertz CT molecular complexity index is 464. The molecular weight excluding hydrogens is 226 g/mol. The smallest absolute Gasteiger partial charge is 0.372 e. The molecule has 0 aliphatic heterocycles. The van der Waals surface area contributed by atoms with Crippen LogP contribution in [0, 0.1) is 6.92 Å². The van der Waals surface area contributed by atoms with Gasteiger partial charge in [0.15, 0.2) is 5.76 Å². The summed E-state index contributed by atoms with van der Waals surface area (Å²) in [6.45, 7) is 1.56. The van der Waals surface area contributed by atoms with Gasteiger partial charge < -0.3 is 19.9 Å². The van der Waals surface area contributed by atoms with Gasteiger partial charge in [-0.25, -0.2) is 4.79 Å². The van der Waals surface area contributed by atoms with Gasteiger partial charge in [-0.15, -0.1) is 0 Å². The predicted octanol–water partition coefficient (Wildman–Crippen LogP) is 0.539. The molecule has 1 aliphatic rings. The summed E-state index contributed by atoms with van der Waals surface area (Å²) in [7, 11) is 0. The third-order valence-corrected chi connectivity index (χ3v) is 2.89. The molecule has 1 heterocycles. The standard InChI is InChI=1S/C11H13NO5/c1-5-4-8(17-9(5)11(15)16)10(14)12-6-2-3-7(6)13/h4,6-7,13H,2-3H2,1H3,(H,12,14)(H,15,16)/t6-,7-/m1/s1. The van der Waals surface area contributed by atoms with Gasteiger partial charge in [-0.2, -0.15) is 0 Å². The molecule has 0 bridgehead atoms. The quantitative estimate of drug-likeness (QED) is 0.714. The number of carbonyl (C=O) groups excluding carboxylic acids is 1. The fraction of sp³-hybridized carbons (Fsp3) is 0.455. The minimum Gasteiger partial charge on any atom is -0.475 e. The third kappa shape index (κ3) is 2.16. The average Bonchev–Trinajstić information content (AvgIpc) is 2.66. The third-order valence-electron chi connectivity index (χ3n) is 2.89. The molecule has 0 aromatic carbocycles. The topological polar surface area (TPSA) is 99.8 Å². The molecule has 6 heteroatoms. The van der Waals surface area contributed by atoms with Crippen LogP contribution < -0.4 is 5.32 Å². The molecule has 92 valence electrons. The van der Waals surface area contributed by atoms with Crippen molar-refractivity contribution < 1.29 is 24.2 Å². The number of aliphatic hydroxyl groups is 1. The van der Waals surface area contributed by atoms with Crippen molar-refractivity contribution in [3.8, 4) is 0 Å². The first-order valence-electron chi connectivity index (χ1n) is 5.31. The van der Waals surface area contributed by atoms with E-state index in [0.717, 1.165) is 6.42 Å². The number of hydrogen-bond acceptors (Lipinski definition) is 4. The molecule has 3 N–H and O–H groups in total. The fourth-order valence-corrected chi connectivity index (χ4v) is 1.70. The van der Waals surface area contributed by atoms with Crippen LogP contribution in [0.5, 0.6) is 0 Å². The summed E-state index contributed by atoms with van der Waals surface area (Å²) < 4.78 is 4.95. The van der Waals surface area contributed by atoms with Gasteiger partial charge in [-0.3, -0.25) is 4.79 Å². The van der Waals surface area contributed by atoms with Gasteiger partial charge >= 0.3 is 5.97 Å². The van der Waals surface area contributed by atoms with Gasteiger partial charge in [-0.05, 0) is 25.8 Å². The highest BCUT2D eigenvalue weighted by molar-refractivity contribution is 5.94. The van der Waals surface area contributed by atoms with Gasteiger partial charge in [0, 0.05) is 5.56 Å². The van der Waals surface area contributed by atoms with Crippen LogP contribution in [0.1, 0.15) is 39.5 Å². The van der Waals surface area contributed by atoms with Gasteiger partial charge in [0.1, 0.15) is 0 Å². The zero-order valence-corrected chi connectivity index (χ0v) is 9.27. The summed E-state index contributed by atoms with van der Waals surface area (Å²) in [6.07, 6.45) is 0.870. The van der Waals surface area contributed by atoms with E-state index in [9.17, 15) is 14.7 Å². The van der Waals surface area contributed by atoms with Crippen LogP contribution in [0.15, 0.2) is 10.5 Å². The van der Waals surface area contributed by atoms with E-state index in [2.05, 4.69) is 5.32 Å². The number of aliphatic hydroxyl groups excluding tert-OH is 1. The minimum atomic E-state index is -1.20. The second-order valence-electron chi connectivity index (χ2n) is 4.15. The molecule has 2 rings (SSSR count). The van der Waals surface area contributed by atoms with E-state index in [1.165, 1.54) is 6.07 Å². The Morgan fingerprint density at radius 3 is 2.59 bits per heavy atom. The SMILES string of the molecule is Cc1cc(C(=O)N[C@@H]2CC[C@H]2O)oc1C(=O)O. The summed E-state index contributed by atoms with van der Waals surface area (Å²) >= 11 is 0. The lowest BCUT2D eigenvalue weighted by atomic mass is 9.89. The van der Waals surface area contributed by atoms with Gasteiger partial charge in [0.25, 0.3) is 5.91 Å². The molecule has 6 nitrogen and oxygen atoms in total. The Kier molecular flexibility index (Phi) is 2.89. The molecule has 0 saturated heterocycles. The number of hydrogen-bond donors (Lipinski definition) is 3. The molecule has 1 amide bonds. The Balaban J connectivity index is 2.09. The normalized spacial score (nSPS) is 22.9. The number of amides is 1. The number of carboxylic acid groups (broad SMARTS) is 1. The van der Waals surface area contributed by atoms with Gasteiger partial charge in [0.2, 0.25) is 5.76 Å². The number of carbonyl (C=O) groups is 2. The lowest BCUT2D eigenvalue weighted by molar-refractivity contribution is 0.0435. The van der Waals surface area contributed by atoms with Crippen LogP contribution in [-0.4, -0.2) is 34.2 Å². The molecule has 2 atom stereocenters. The first-order chi connectivity index (χ1) is 7.99. The number of furan rings is 1. The lowest BCUT2D eigenvalue weighted by Crippen LogP contribution is -2.50. The van der Waals surface area contributed by atoms with E-state index in [0.29, 0.717) is 12.0 Å². The summed E-state index contributed by atoms with van der Waals surface area (Å²) in [5, 5.41) is 20.7. The molecule has 1 aromatic heterocycles. The van der Waals surface area contributed by atoms with Crippen molar-refractivity contribution in [2.45, 2.75) is 31.9 Å². The molecule has 1 aliphatic carbocycles. The van der Waals surface area contributed by atoms with E-state index in [1.807, 2.05) is 0 Å². The van der Waals surface area contributed by atoms with Crippen LogP contribution in [0.4, 0.5) is 0 Å². The lowest BCUT2D eigenvalue weighted by Gasteiger charge is -2.32. The molecular formula is C11H13NO5. The monoisotopic (exact) mass is 239 g/mol. The molecule has 1 saturated carbocycles. The molecule has 0 spiro atoms. The van der Waals surface area contributed by atoms with Crippen molar-refractivity contribution in [3.05, 3.63) is 23.2 Å². The van der Waals surface area contributed by atoms with Crippen LogP contribution in [0.3, 0.4) is 0 Å². The number of aromatic carboxylic acids is 1. The maximum Gasteiger partial charge on any atom is 0.372 e. The summed E-state index contributed by atoms with van der Waals surface area (Å²) in [5.41, 5.74) is 0.400. The number of rotatable bonds is 3. The Morgan fingerprint density at radius 1 is 1.47 bits per heavy atom. The molecule has 0 radical (unpaired) electrons. The van der Waals surface area contributed by atoms with Gasteiger partial charge in [0.05, 0.1) is 12.1 Å². The zero-order valence-electron chi connectivity index (χ0n) is 9.27. The second kappa shape index (κ2) is 4.21. The van der Waals surface area contributed by atoms with Crippen molar-refractivity contribution in [3.63, 3.8) is 0 Å². The largest absolute Gasteiger partial charge is 0.475 e. The zero-order chi connectivity index (χ0) is 12.6. The molecule has 1 aromatic rings. The number of nitrogens with one attached hydrogen (secondary N) is 1. The van der Waals surface area contributed by atoms with Crippen molar-refractivity contribution in [2.75, 3.05) is 0 Å². The Morgan fingerprint density at radius 2 is 2.18 bits per heavy atom. The van der Waals surface area contributed by atoms with E-state index < -0.39 is 18.0 Å². The minimum absolute atomic E-state index is 0.0426. The average molecular weight is 239 g/mol. The van der Waals surface area contributed by atoms with Crippen molar-refractivity contribution in [2.24, 2.45) is 0 Å². The predicted molar refractivity (Wildman–Crippen MR) is 56.9 cm³/mol. The van der Waals surface area contributed by atoms with Crippen molar-refractivity contribution in [1.82, 2.24) is 5.32 Å². The maximum atomic E-state index is 11.7. The van der Waals surface area contributed by atoms with Crippen LogP contribution in [0.25, 0.3) is 0 Å². The maximum absolute atomic E-state index is 11.7. The van der Waals surface area contributed by atoms with Crippen molar-refractivity contribution in [1.29, 1.82) is 0 Å². The summed E-state index contributed by atoms with van der Waals surface area (Å²) in [6, 6.07) is 1.12. The van der Waals surface area contributed by atoms with E-state index in [-0.39, 0.29) is 17.6 Å². The van der Waals surface area contributed by atoms with Gasteiger partial charge in [-0.1, -0.05) is 0 Å². The number of carboxylic acids is 1. The molecule has 1 fully saturated rings. The Labute approximate surface area is 97.2 Å². The van der Waals surface area contributed by atoms with Crippen LogP contribution in [0.2, 0.25) is 0 Å². The first kappa shape index (κ1) is 11.7. The number of aryl methyl sites for hydroxylation is 1. The van der Waals surface area contributed by atoms with Crippen LogP contribution >= 0.6 is 0 Å². The fourth-order valence-electron chi connectivity index (χ4n) is 1.70. The second-order valence-corrected chi connectivity index (χ2v) is 4.15. The summed E-state index contributed by atoms with van der Waals surface area (Å²) in [4.78, 5) is 22.4. The molecule has 17 heavy (non-hydrogen) atoms. The van der Waals surface area contributed by atoms with E-state index >= 15 is 0 Å². The highest BCUT2D eigenvalue weighted by Gasteiger charge is 2.31. The van der Waals surface area contributed by atoms with Crippen molar-refractivity contribution >= 4 is 11.9 Å². The van der Waals surface area contributed by atoms with E-state index in [4.69, 9.17) is 9.52 Å². The highest BCUT2D eigenvalue weighted by atomic mass is 16.4. The van der Waals surface area contributed by atoms with E-state index in [1.54, 1.807) is 6.92 Å². The Hall–Kier alpha value is -1.82. The summed E-state index contributed by atoms with van der Waals surface area (Å²) in [5.74, 6) is -1.97.